The van der Waals surface area contributed by atoms with Crippen LogP contribution in [-0.4, -0.2) is 14.9 Å². The maximum atomic E-state index is 5.80. The van der Waals surface area contributed by atoms with E-state index in [4.69, 9.17) is 4.43 Å². The summed E-state index contributed by atoms with van der Waals surface area (Å²) in [6, 6.07) is 2.28. The largest absolute Gasteiger partial charge is 0.413 e. The van der Waals surface area contributed by atoms with E-state index < -0.39 is 8.32 Å². The molecule has 1 rings (SSSR count). The lowest BCUT2D eigenvalue weighted by Gasteiger charge is -2.31. The molecule has 1 unspecified atom stereocenters. The predicted octanol–water partition coefficient (Wildman–Crippen LogP) is 2.65. The molecule has 2 heteroatoms. The van der Waals surface area contributed by atoms with Crippen LogP contribution in [0.15, 0.2) is 24.9 Å². The SMILES string of the molecule is C=CC[Si]1(C=C)CCCCO1. The zero-order chi connectivity index (χ0) is 8.16. The first-order chi connectivity index (χ1) is 5.33. The minimum atomic E-state index is -1.51. The van der Waals surface area contributed by atoms with Crippen molar-refractivity contribution in [1.29, 1.82) is 0 Å². The maximum absolute atomic E-state index is 5.80. The summed E-state index contributed by atoms with van der Waals surface area (Å²) in [5.41, 5.74) is 2.06. The molecular weight excluding hydrogens is 152 g/mol. The van der Waals surface area contributed by atoms with Gasteiger partial charge in [-0.1, -0.05) is 18.2 Å². The Labute approximate surface area is 69.9 Å². The Morgan fingerprint density at radius 3 is 2.64 bits per heavy atom. The fourth-order valence-electron chi connectivity index (χ4n) is 1.52. The van der Waals surface area contributed by atoms with E-state index in [0.29, 0.717) is 0 Å². The van der Waals surface area contributed by atoms with Crippen molar-refractivity contribution in [3.63, 3.8) is 0 Å². The Hall–Kier alpha value is -0.343. The first-order valence-corrected chi connectivity index (χ1v) is 6.61. The van der Waals surface area contributed by atoms with Crippen LogP contribution >= 0.6 is 0 Å². The van der Waals surface area contributed by atoms with Crippen LogP contribution < -0.4 is 0 Å². The molecule has 11 heavy (non-hydrogen) atoms. The van der Waals surface area contributed by atoms with Gasteiger partial charge >= 0.3 is 0 Å². The summed E-state index contributed by atoms with van der Waals surface area (Å²) in [6.07, 6.45) is 4.50. The van der Waals surface area contributed by atoms with Crippen LogP contribution in [0.25, 0.3) is 0 Å². The van der Waals surface area contributed by atoms with Gasteiger partial charge in [0.2, 0.25) is 8.32 Å². The van der Waals surface area contributed by atoms with E-state index in [2.05, 4.69) is 18.9 Å². The zero-order valence-corrected chi connectivity index (χ0v) is 8.01. The van der Waals surface area contributed by atoms with Gasteiger partial charge < -0.3 is 4.43 Å². The Kier molecular flexibility index (Phi) is 3.09. The smallest absolute Gasteiger partial charge is 0.220 e. The number of hydrogen-bond donors (Lipinski definition) is 0. The summed E-state index contributed by atoms with van der Waals surface area (Å²) in [4.78, 5) is 0. The standard InChI is InChI=1S/C9H16OSi/c1-3-8-11(4-2)9-6-5-7-10-11/h3-4H,1-2,5-9H2. The Balaban J connectivity index is 2.56. The van der Waals surface area contributed by atoms with Crippen molar-refractivity contribution in [2.75, 3.05) is 6.61 Å². The van der Waals surface area contributed by atoms with Crippen LogP contribution in [0.5, 0.6) is 0 Å². The van der Waals surface area contributed by atoms with Crippen molar-refractivity contribution >= 4 is 8.32 Å². The van der Waals surface area contributed by atoms with Crippen LogP contribution in [0, 0.1) is 0 Å². The first-order valence-electron chi connectivity index (χ1n) is 4.21. The number of hydrogen-bond acceptors (Lipinski definition) is 1. The van der Waals surface area contributed by atoms with E-state index in [1.165, 1.54) is 18.9 Å². The van der Waals surface area contributed by atoms with E-state index in [1.807, 2.05) is 6.08 Å². The molecule has 0 aromatic heterocycles. The lowest BCUT2D eigenvalue weighted by Crippen LogP contribution is -2.38. The molecule has 0 N–H and O–H groups in total. The zero-order valence-electron chi connectivity index (χ0n) is 7.01. The third kappa shape index (κ3) is 2.04. The monoisotopic (exact) mass is 168 g/mol. The lowest BCUT2D eigenvalue weighted by molar-refractivity contribution is 0.276. The van der Waals surface area contributed by atoms with Gasteiger partial charge in [0.1, 0.15) is 0 Å². The van der Waals surface area contributed by atoms with E-state index in [9.17, 15) is 0 Å². The third-order valence-corrected chi connectivity index (χ3v) is 5.95. The topological polar surface area (TPSA) is 9.23 Å². The second kappa shape index (κ2) is 3.88. The van der Waals surface area contributed by atoms with Gasteiger partial charge in [0.15, 0.2) is 0 Å². The van der Waals surface area contributed by atoms with E-state index in [0.717, 1.165) is 12.7 Å². The fraction of sp³-hybridized carbons (Fsp3) is 0.556. The average molecular weight is 168 g/mol. The molecule has 0 spiro atoms. The minimum Gasteiger partial charge on any atom is -0.413 e. The number of rotatable bonds is 3. The van der Waals surface area contributed by atoms with E-state index in [-0.39, 0.29) is 0 Å². The predicted molar refractivity (Wildman–Crippen MR) is 50.9 cm³/mol. The molecule has 0 amide bonds. The van der Waals surface area contributed by atoms with Crippen LogP contribution in [-0.2, 0) is 4.43 Å². The van der Waals surface area contributed by atoms with Gasteiger partial charge in [0, 0.05) is 6.61 Å². The highest BCUT2D eigenvalue weighted by Gasteiger charge is 2.31. The molecule has 0 saturated carbocycles. The molecule has 1 nitrogen and oxygen atoms in total. The van der Waals surface area contributed by atoms with E-state index >= 15 is 0 Å². The minimum absolute atomic E-state index is 0.937. The van der Waals surface area contributed by atoms with Crippen molar-refractivity contribution in [2.45, 2.75) is 24.9 Å². The summed E-state index contributed by atoms with van der Waals surface area (Å²) < 4.78 is 5.80. The summed E-state index contributed by atoms with van der Waals surface area (Å²) in [6.45, 7) is 8.56. The van der Waals surface area contributed by atoms with E-state index in [1.54, 1.807) is 0 Å². The van der Waals surface area contributed by atoms with Crippen molar-refractivity contribution in [3.05, 3.63) is 24.9 Å². The Bertz CT molecular complexity index is 148. The molecule has 1 heterocycles. The molecule has 0 aromatic carbocycles. The Morgan fingerprint density at radius 1 is 1.36 bits per heavy atom. The molecular formula is C9H16OSi. The molecule has 0 bridgehead atoms. The molecule has 1 aliphatic rings. The van der Waals surface area contributed by atoms with Crippen LogP contribution in [0.2, 0.25) is 12.1 Å². The molecule has 1 aliphatic heterocycles. The highest BCUT2D eigenvalue weighted by atomic mass is 28.4. The van der Waals surface area contributed by atoms with Crippen molar-refractivity contribution in [2.24, 2.45) is 0 Å². The Morgan fingerprint density at radius 2 is 2.18 bits per heavy atom. The molecule has 1 atom stereocenters. The summed E-state index contributed by atoms with van der Waals surface area (Å²) in [5.74, 6) is 0. The highest BCUT2D eigenvalue weighted by Crippen LogP contribution is 2.26. The van der Waals surface area contributed by atoms with Gasteiger partial charge in [0.05, 0.1) is 0 Å². The van der Waals surface area contributed by atoms with Gasteiger partial charge in [-0.05, 0) is 18.5 Å². The fourth-order valence-corrected chi connectivity index (χ4v) is 4.37. The van der Waals surface area contributed by atoms with Crippen LogP contribution in [0.3, 0.4) is 0 Å². The summed E-state index contributed by atoms with van der Waals surface area (Å²) in [7, 11) is -1.51. The summed E-state index contributed by atoms with van der Waals surface area (Å²) in [5, 5.41) is 0. The molecule has 1 saturated heterocycles. The van der Waals surface area contributed by atoms with Gasteiger partial charge in [-0.15, -0.1) is 13.2 Å². The molecule has 0 radical (unpaired) electrons. The maximum Gasteiger partial charge on any atom is 0.220 e. The van der Waals surface area contributed by atoms with Gasteiger partial charge in [-0.25, -0.2) is 0 Å². The first kappa shape index (κ1) is 8.75. The second-order valence-electron chi connectivity index (χ2n) is 3.07. The second-order valence-corrected chi connectivity index (χ2v) is 6.80. The highest BCUT2D eigenvalue weighted by molar-refractivity contribution is 6.79. The van der Waals surface area contributed by atoms with Crippen molar-refractivity contribution in [1.82, 2.24) is 0 Å². The third-order valence-electron chi connectivity index (χ3n) is 2.25. The average Bonchev–Trinajstić information content (AvgIpc) is 2.07. The van der Waals surface area contributed by atoms with Gasteiger partial charge in [-0.2, -0.15) is 0 Å². The van der Waals surface area contributed by atoms with Crippen LogP contribution in [0.1, 0.15) is 12.8 Å². The van der Waals surface area contributed by atoms with Gasteiger partial charge in [-0.3, -0.25) is 0 Å². The molecule has 62 valence electrons. The number of allylic oxidation sites excluding steroid dienone is 1. The van der Waals surface area contributed by atoms with Crippen LogP contribution in [0.4, 0.5) is 0 Å². The van der Waals surface area contributed by atoms with Crippen molar-refractivity contribution < 1.29 is 4.43 Å². The van der Waals surface area contributed by atoms with Crippen molar-refractivity contribution in [3.8, 4) is 0 Å². The normalized spacial score (nSPS) is 31.3. The summed E-state index contributed by atoms with van der Waals surface area (Å²) >= 11 is 0. The molecule has 0 aromatic rings. The quantitative estimate of drug-likeness (QED) is 0.465. The lowest BCUT2D eigenvalue weighted by atomic mass is 10.4. The van der Waals surface area contributed by atoms with Gasteiger partial charge in [0.25, 0.3) is 0 Å². The molecule has 0 aliphatic carbocycles. The molecule has 1 fully saturated rings.